The molecule has 4 rings (SSSR count). The molecule has 0 unspecified atom stereocenters. The maximum atomic E-state index is 5.18. The van der Waals surface area contributed by atoms with E-state index in [0.29, 0.717) is 0 Å². The molecule has 2 aromatic carbocycles. The molecule has 0 N–H and O–H groups in total. The number of halogens is 2. The van der Waals surface area contributed by atoms with Gasteiger partial charge in [0.15, 0.2) is 0 Å². The van der Waals surface area contributed by atoms with Crippen molar-refractivity contribution in [3.8, 4) is 16.9 Å². The van der Waals surface area contributed by atoms with E-state index in [9.17, 15) is 0 Å². The van der Waals surface area contributed by atoms with E-state index in [2.05, 4.69) is 48.6 Å². The minimum atomic E-state index is 0. The molecule has 138 valence electrons. The first-order valence-electron chi connectivity index (χ1n) is 7.93. The van der Waals surface area contributed by atoms with Gasteiger partial charge < -0.3 is 36.0 Å². The Morgan fingerprint density at radius 3 is 2.23 bits per heavy atom. The molecular weight excluding hydrogens is 442 g/mol. The summed E-state index contributed by atoms with van der Waals surface area (Å²) in [4.78, 5) is 0. The number of rotatable bonds is 1. The van der Waals surface area contributed by atoms with E-state index in [-0.39, 0.29) is 51.0 Å². The van der Waals surface area contributed by atoms with Gasteiger partial charge in [-0.3, -0.25) is 6.08 Å². The number of benzene rings is 2. The molecule has 0 amide bonds. The van der Waals surface area contributed by atoms with Crippen LogP contribution in [0.25, 0.3) is 11.1 Å². The third-order valence-corrected chi connectivity index (χ3v) is 3.48. The Morgan fingerprint density at radius 1 is 1.00 bits per heavy atom. The van der Waals surface area contributed by atoms with Gasteiger partial charge in [0.05, 0.1) is 7.11 Å². The first kappa shape index (κ1) is 27.4. The van der Waals surface area contributed by atoms with Crippen molar-refractivity contribution in [2.45, 2.75) is 26.7 Å². The molecule has 0 radical (unpaired) electrons. The van der Waals surface area contributed by atoms with Crippen molar-refractivity contribution in [2.75, 3.05) is 7.11 Å². The maximum absolute atomic E-state index is 5.18. The van der Waals surface area contributed by atoms with Gasteiger partial charge in [0.25, 0.3) is 0 Å². The number of methoxy groups -OCH3 is 1. The van der Waals surface area contributed by atoms with Gasteiger partial charge in [-0.1, -0.05) is 35.4 Å². The fourth-order valence-electron chi connectivity index (χ4n) is 2.50. The Labute approximate surface area is 189 Å². The Bertz CT molecular complexity index is 686. The largest absolute Gasteiger partial charge is 2.00 e. The second-order valence-corrected chi connectivity index (χ2v) is 5.33. The van der Waals surface area contributed by atoms with Crippen molar-refractivity contribution in [3.63, 3.8) is 0 Å². The zero-order valence-corrected chi connectivity index (χ0v) is 19.3. The average Bonchev–Trinajstić information content (AvgIpc) is 3.26. The fourth-order valence-corrected chi connectivity index (χ4v) is 2.50. The van der Waals surface area contributed by atoms with Gasteiger partial charge in [0.2, 0.25) is 0 Å². The van der Waals surface area contributed by atoms with Crippen LogP contribution in [0.15, 0.2) is 54.6 Å². The van der Waals surface area contributed by atoms with Crippen LogP contribution in [0.4, 0.5) is 0 Å². The maximum Gasteiger partial charge on any atom is 2.00 e. The number of hydrogen-bond donors (Lipinski definition) is 0. The summed E-state index contributed by atoms with van der Waals surface area (Å²) in [5.41, 5.74) is 5.27. The molecule has 0 heterocycles. The summed E-state index contributed by atoms with van der Waals surface area (Å²) in [6.45, 7) is 4.00. The van der Waals surface area contributed by atoms with E-state index in [1.165, 1.54) is 22.3 Å². The SMILES string of the molecule is COc1[c-]c2c(cc1)-c1ccccc1C2.C[CH-]C.[C-]1=CC=CC1.[Cl-].[Cl-].[Zr+2]. The van der Waals surface area contributed by atoms with Crippen LogP contribution < -0.4 is 29.6 Å². The number of fused-ring (bicyclic) bond motifs is 3. The van der Waals surface area contributed by atoms with Crippen molar-refractivity contribution >= 4 is 0 Å². The minimum absolute atomic E-state index is 0. The predicted octanol–water partition coefficient (Wildman–Crippen LogP) is -0.392. The molecule has 0 aromatic heterocycles. The molecule has 0 saturated carbocycles. The minimum Gasteiger partial charge on any atom is -1.00 e. The molecule has 0 saturated heterocycles. The molecule has 0 fully saturated rings. The molecule has 0 atom stereocenters. The van der Waals surface area contributed by atoms with Crippen LogP contribution in [0.2, 0.25) is 0 Å². The summed E-state index contributed by atoms with van der Waals surface area (Å²) >= 11 is 0. The summed E-state index contributed by atoms with van der Waals surface area (Å²) in [5, 5.41) is 0. The molecule has 4 heteroatoms. The molecule has 0 aliphatic heterocycles. The normalized spacial score (nSPS) is 11.0. The zero-order valence-electron chi connectivity index (χ0n) is 15.4. The second kappa shape index (κ2) is 15.3. The van der Waals surface area contributed by atoms with Gasteiger partial charge in [-0.25, -0.2) is 12.2 Å². The van der Waals surface area contributed by atoms with Gasteiger partial charge in [-0.15, -0.1) is 29.7 Å². The van der Waals surface area contributed by atoms with Crippen LogP contribution in [0.1, 0.15) is 31.4 Å². The summed E-state index contributed by atoms with van der Waals surface area (Å²) in [6.07, 6.45) is 13.0. The van der Waals surface area contributed by atoms with Gasteiger partial charge in [0.1, 0.15) is 0 Å². The number of hydrogen-bond acceptors (Lipinski definition) is 1. The van der Waals surface area contributed by atoms with Crippen molar-refractivity contribution < 1.29 is 55.8 Å². The van der Waals surface area contributed by atoms with Crippen molar-refractivity contribution in [3.05, 3.63) is 84.3 Å². The van der Waals surface area contributed by atoms with Crippen molar-refractivity contribution in [1.29, 1.82) is 0 Å². The Kier molecular flexibility index (Phi) is 16.1. The van der Waals surface area contributed by atoms with Crippen LogP contribution in [-0.4, -0.2) is 7.11 Å². The quantitative estimate of drug-likeness (QED) is 0.445. The molecule has 26 heavy (non-hydrogen) atoms. The Balaban J connectivity index is 0. The summed E-state index contributed by atoms with van der Waals surface area (Å²) in [5.74, 6) is 0.821. The molecular formula is C22H23Cl2OZr-3. The second-order valence-electron chi connectivity index (χ2n) is 5.33. The van der Waals surface area contributed by atoms with Crippen molar-refractivity contribution in [1.82, 2.24) is 0 Å². The standard InChI is InChI=1S/C14H11O.C5H5.C3H7.2ClH.Zr/c1-15-12-6-7-14-11(9-12)8-10-4-2-3-5-13(10)14;1-2-4-5-3-1;1-3-2;;;/h2-7H,8H2,1H3;1-3H,4H2;3H,1-2H3;2*1H;/q3*-1;;;+2/p-2. The van der Waals surface area contributed by atoms with E-state index in [1.807, 2.05) is 38.5 Å². The average molecular weight is 466 g/mol. The summed E-state index contributed by atoms with van der Waals surface area (Å²) in [6, 6.07) is 15.9. The Hall–Kier alpha value is -0.817. The molecule has 1 nitrogen and oxygen atoms in total. The molecule has 2 aliphatic rings. The van der Waals surface area contributed by atoms with Gasteiger partial charge in [-0.2, -0.15) is 26.0 Å². The van der Waals surface area contributed by atoms with Gasteiger partial charge >= 0.3 is 26.2 Å². The first-order chi connectivity index (χ1) is 11.3. The zero-order chi connectivity index (χ0) is 16.5. The van der Waals surface area contributed by atoms with Crippen molar-refractivity contribution in [2.24, 2.45) is 0 Å². The third kappa shape index (κ3) is 7.82. The van der Waals surface area contributed by atoms with Crippen LogP contribution in [0.5, 0.6) is 5.75 Å². The molecule has 0 spiro atoms. The van der Waals surface area contributed by atoms with E-state index >= 15 is 0 Å². The van der Waals surface area contributed by atoms with E-state index in [4.69, 9.17) is 4.74 Å². The van der Waals surface area contributed by atoms with Gasteiger partial charge in [0, 0.05) is 5.75 Å². The van der Waals surface area contributed by atoms with E-state index in [0.717, 1.165) is 18.6 Å². The Morgan fingerprint density at radius 2 is 1.69 bits per heavy atom. The number of ether oxygens (including phenoxy) is 1. The van der Waals surface area contributed by atoms with Crippen LogP contribution in [0.3, 0.4) is 0 Å². The monoisotopic (exact) mass is 463 g/mol. The number of allylic oxidation sites excluding steroid dienone is 4. The fraction of sp³-hybridized carbons (Fsp3) is 0.227. The van der Waals surface area contributed by atoms with Crippen LogP contribution >= 0.6 is 0 Å². The first-order valence-corrected chi connectivity index (χ1v) is 7.93. The van der Waals surface area contributed by atoms with Gasteiger partial charge in [-0.05, 0) is 6.42 Å². The topological polar surface area (TPSA) is 9.23 Å². The van der Waals surface area contributed by atoms with Crippen LogP contribution in [0, 0.1) is 18.6 Å². The smallest absolute Gasteiger partial charge is 1.00 e. The summed E-state index contributed by atoms with van der Waals surface area (Å²) in [7, 11) is 1.68. The third-order valence-electron chi connectivity index (χ3n) is 3.48. The molecule has 2 aliphatic carbocycles. The van der Waals surface area contributed by atoms with Crippen LogP contribution in [-0.2, 0) is 32.6 Å². The summed E-state index contributed by atoms with van der Waals surface area (Å²) < 4.78 is 5.18. The molecule has 0 bridgehead atoms. The van der Waals surface area contributed by atoms with E-state index < -0.39 is 0 Å². The molecule has 2 aromatic rings. The predicted molar refractivity (Wildman–Crippen MR) is 97.3 cm³/mol. The van der Waals surface area contributed by atoms with E-state index in [1.54, 1.807) is 7.11 Å².